The van der Waals surface area contributed by atoms with E-state index in [9.17, 15) is 9.18 Å². The molecule has 0 saturated carbocycles. The van der Waals surface area contributed by atoms with Gasteiger partial charge in [-0.3, -0.25) is 9.48 Å². The molecule has 0 radical (unpaired) electrons. The van der Waals surface area contributed by atoms with Gasteiger partial charge in [-0.2, -0.15) is 5.10 Å². The minimum Gasteiger partial charge on any atom is -0.469 e. The standard InChI is InChI=1S/C18H17ClFN3O2/c1-23-11-15(19)17(22-23)18(24)21-9-8-14(16-3-2-10-25-16)12-4-6-13(20)7-5-12/h2-7,10-11,14H,8-9H2,1H3,(H,21,24)/t14-/m0/s1. The van der Waals surface area contributed by atoms with Gasteiger partial charge >= 0.3 is 0 Å². The van der Waals surface area contributed by atoms with Crippen LogP contribution in [0.25, 0.3) is 0 Å². The summed E-state index contributed by atoms with van der Waals surface area (Å²) in [5, 5.41) is 7.16. The van der Waals surface area contributed by atoms with E-state index < -0.39 is 0 Å². The molecule has 1 N–H and O–H groups in total. The van der Waals surface area contributed by atoms with Crippen molar-refractivity contribution < 1.29 is 13.6 Å². The molecule has 1 atom stereocenters. The largest absolute Gasteiger partial charge is 0.469 e. The number of halogens is 2. The Balaban J connectivity index is 1.68. The van der Waals surface area contributed by atoms with Gasteiger partial charge in [0, 0.05) is 25.7 Å². The number of hydrogen-bond acceptors (Lipinski definition) is 3. The molecule has 25 heavy (non-hydrogen) atoms. The molecule has 0 aliphatic heterocycles. The summed E-state index contributed by atoms with van der Waals surface area (Å²) in [6.07, 6.45) is 3.76. The van der Waals surface area contributed by atoms with Crippen molar-refractivity contribution in [2.45, 2.75) is 12.3 Å². The molecule has 3 aromatic rings. The zero-order valence-electron chi connectivity index (χ0n) is 13.6. The van der Waals surface area contributed by atoms with Gasteiger partial charge in [0.2, 0.25) is 0 Å². The van der Waals surface area contributed by atoms with Crippen molar-refractivity contribution in [3.8, 4) is 0 Å². The van der Waals surface area contributed by atoms with Gasteiger partial charge in [-0.1, -0.05) is 23.7 Å². The van der Waals surface area contributed by atoms with Crippen LogP contribution in [0.3, 0.4) is 0 Å². The van der Waals surface area contributed by atoms with E-state index in [1.165, 1.54) is 16.8 Å². The fraction of sp³-hybridized carbons (Fsp3) is 0.222. The third-order valence-electron chi connectivity index (χ3n) is 3.88. The van der Waals surface area contributed by atoms with Gasteiger partial charge in [0.1, 0.15) is 11.6 Å². The second-order valence-electron chi connectivity index (χ2n) is 5.66. The molecule has 130 valence electrons. The smallest absolute Gasteiger partial charge is 0.273 e. The van der Waals surface area contributed by atoms with Crippen LogP contribution in [0.15, 0.2) is 53.3 Å². The highest BCUT2D eigenvalue weighted by molar-refractivity contribution is 6.33. The molecule has 1 aromatic carbocycles. The van der Waals surface area contributed by atoms with Crippen LogP contribution in [0.4, 0.5) is 4.39 Å². The van der Waals surface area contributed by atoms with E-state index in [0.29, 0.717) is 18.0 Å². The van der Waals surface area contributed by atoms with Crippen molar-refractivity contribution in [1.29, 1.82) is 0 Å². The van der Waals surface area contributed by atoms with Gasteiger partial charge in [0.15, 0.2) is 5.69 Å². The number of nitrogens with one attached hydrogen (secondary N) is 1. The lowest BCUT2D eigenvalue weighted by Crippen LogP contribution is -2.26. The Labute approximate surface area is 149 Å². The Morgan fingerprint density at radius 1 is 1.36 bits per heavy atom. The number of benzene rings is 1. The predicted octanol–water partition coefficient (Wildman–Crippen LogP) is 3.76. The number of carbonyl (C=O) groups is 1. The van der Waals surface area contributed by atoms with Crippen molar-refractivity contribution in [1.82, 2.24) is 15.1 Å². The van der Waals surface area contributed by atoms with Gasteiger partial charge in [-0.25, -0.2) is 4.39 Å². The maximum atomic E-state index is 13.2. The van der Waals surface area contributed by atoms with Crippen molar-refractivity contribution in [2.24, 2.45) is 7.05 Å². The number of hydrogen-bond donors (Lipinski definition) is 1. The summed E-state index contributed by atoms with van der Waals surface area (Å²) >= 11 is 5.98. The van der Waals surface area contributed by atoms with E-state index in [1.807, 2.05) is 6.07 Å². The van der Waals surface area contributed by atoms with E-state index >= 15 is 0 Å². The second-order valence-corrected chi connectivity index (χ2v) is 6.07. The van der Waals surface area contributed by atoms with E-state index in [1.54, 1.807) is 37.7 Å². The van der Waals surface area contributed by atoms with Gasteiger partial charge in [-0.15, -0.1) is 0 Å². The topological polar surface area (TPSA) is 60.1 Å². The first-order valence-electron chi connectivity index (χ1n) is 7.81. The first-order chi connectivity index (χ1) is 12.0. The first kappa shape index (κ1) is 17.2. The fourth-order valence-corrected chi connectivity index (χ4v) is 2.95. The van der Waals surface area contributed by atoms with E-state index in [0.717, 1.165) is 11.3 Å². The second kappa shape index (κ2) is 7.53. The maximum Gasteiger partial charge on any atom is 0.273 e. The van der Waals surface area contributed by atoms with Crippen LogP contribution in [0.1, 0.15) is 34.2 Å². The maximum absolute atomic E-state index is 13.2. The normalized spacial score (nSPS) is 12.1. The SMILES string of the molecule is Cn1cc(Cl)c(C(=O)NCC[C@@H](c2ccc(F)cc2)c2ccco2)n1. The summed E-state index contributed by atoms with van der Waals surface area (Å²) in [5.41, 5.74) is 1.11. The number of aryl methyl sites for hydroxylation is 1. The quantitative estimate of drug-likeness (QED) is 0.727. The van der Waals surface area contributed by atoms with Crippen LogP contribution >= 0.6 is 11.6 Å². The van der Waals surface area contributed by atoms with Crippen molar-refractivity contribution in [3.63, 3.8) is 0 Å². The van der Waals surface area contributed by atoms with Crippen LogP contribution in [0.5, 0.6) is 0 Å². The Morgan fingerprint density at radius 2 is 2.12 bits per heavy atom. The zero-order valence-corrected chi connectivity index (χ0v) is 14.3. The van der Waals surface area contributed by atoms with Crippen LogP contribution in [0.2, 0.25) is 5.02 Å². The number of furan rings is 1. The molecule has 0 spiro atoms. The molecular weight excluding hydrogens is 345 g/mol. The summed E-state index contributed by atoms with van der Waals surface area (Å²) in [7, 11) is 1.70. The van der Waals surface area contributed by atoms with Crippen molar-refractivity contribution >= 4 is 17.5 Å². The van der Waals surface area contributed by atoms with Crippen LogP contribution in [-0.2, 0) is 7.05 Å². The number of rotatable bonds is 6. The van der Waals surface area contributed by atoms with Crippen molar-refractivity contribution in [3.05, 3.63) is 76.7 Å². The summed E-state index contributed by atoms with van der Waals surface area (Å²) in [6, 6.07) is 9.94. The molecule has 0 saturated heterocycles. The third kappa shape index (κ3) is 4.09. The Bertz CT molecular complexity index is 844. The molecule has 2 heterocycles. The summed E-state index contributed by atoms with van der Waals surface area (Å²) in [4.78, 5) is 12.2. The number of aromatic nitrogens is 2. The minimum absolute atomic E-state index is 0.0879. The molecule has 5 nitrogen and oxygen atoms in total. The van der Waals surface area contributed by atoms with E-state index in [2.05, 4.69) is 10.4 Å². The average molecular weight is 362 g/mol. The highest BCUT2D eigenvalue weighted by Gasteiger charge is 2.19. The molecule has 0 aliphatic rings. The zero-order chi connectivity index (χ0) is 17.8. The fourth-order valence-electron chi connectivity index (χ4n) is 2.69. The highest BCUT2D eigenvalue weighted by atomic mass is 35.5. The Morgan fingerprint density at radius 3 is 2.72 bits per heavy atom. The van der Waals surface area contributed by atoms with E-state index in [4.69, 9.17) is 16.0 Å². The van der Waals surface area contributed by atoms with Crippen LogP contribution in [0, 0.1) is 5.82 Å². The summed E-state index contributed by atoms with van der Waals surface area (Å²) in [5.74, 6) is 0.0507. The molecule has 0 bridgehead atoms. The number of carbonyl (C=O) groups excluding carboxylic acids is 1. The molecular formula is C18H17ClFN3O2. The lowest BCUT2D eigenvalue weighted by atomic mass is 9.93. The minimum atomic E-state index is -0.331. The Hall–Kier alpha value is -2.60. The summed E-state index contributed by atoms with van der Waals surface area (Å²) in [6.45, 7) is 0.397. The van der Waals surface area contributed by atoms with Gasteiger partial charge in [0.25, 0.3) is 5.91 Å². The van der Waals surface area contributed by atoms with Gasteiger partial charge in [-0.05, 0) is 36.2 Å². The lowest BCUT2D eigenvalue weighted by Gasteiger charge is -2.15. The Kier molecular flexibility index (Phi) is 5.19. The highest BCUT2D eigenvalue weighted by Crippen LogP contribution is 2.28. The first-order valence-corrected chi connectivity index (χ1v) is 8.18. The van der Waals surface area contributed by atoms with Gasteiger partial charge < -0.3 is 9.73 Å². The molecule has 0 unspecified atom stereocenters. The molecule has 0 fully saturated rings. The molecule has 0 aliphatic carbocycles. The third-order valence-corrected chi connectivity index (χ3v) is 4.15. The molecule has 7 heteroatoms. The van der Waals surface area contributed by atoms with Gasteiger partial charge in [0.05, 0.1) is 11.3 Å². The average Bonchev–Trinajstić information content (AvgIpc) is 3.22. The molecule has 1 amide bonds. The van der Waals surface area contributed by atoms with E-state index in [-0.39, 0.29) is 23.3 Å². The summed E-state index contributed by atoms with van der Waals surface area (Å²) < 4.78 is 20.2. The molecule has 2 aromatic heterocycles. The monoisotopic (exact) mass is 361 g/mol. The lowest BCUT2D eigenvalue weighted by molar-refractivity contribution is 0.0947. The molecule has 3 rings (SSSR count). The number of nitrogens with zero attached hydrogens (tertiary/aromatic N) is 2. The number of amides is 1. The van der Waals surface area contributed by atoms with Crippen molar-refractivity contribution in [2.75, 3.05) is 6.54 Å². The predicted molar refractivity (Wildman–Crippen MR) is 92.1 cm³/mol. The van der Waals surface area contributed by atoms with Crippen LogP contribution < -0.4 is 5.32 Å². The van der Waals surface area contributed by atoms with Crippen LogP contribution in [-0.4, -0.2) is 22.2 Å².